The highest BCUT2D eigenvalue weighted by molar-refractivity contribution is 8.26. The fourth-order valence-electron chi connectivity index (χ4n) is 2.73. The average molecular weight is 505 g/mol. The fraction of sp³-hybridized carbons (Fsp3) is 0.150. The molecule has 0 radical (unpaired) electrons. The summed E-state index contributed by atoms with van der Waals surface area (Å²) in [4.78, 5) is 26.4. The topological polar surface area (TPSA) is 49.4 Å². The minimum Gasteiger partial charge on any atom is -0.325 e. The number of nitrogens with zero attached hydrogens (tertiary/aromatic N) is 1. The molecule has 0 spiro atoms. The van der Waals surface area contributed by atoms with E-state index in [0.717, 1.165) is 23.9 Å². The number of rotatable bonds is 5. The van der Waals surface area contributed by atoms with Crippen molar-refractivity contribution >= 4 is 75.1 Å². The van der Waals surface area contributed by atoms with Crippen LogP contribution in [0.25, 0.3) is 6.08 Å². The normalized spacial score (nSPS) is 15.6. The molecule has 1 saturated heterocycles. The third-order valence-corrected chi connectivity index (χ3v) is 6.42. The van der Waals surface area contributed by atoms with Crippen LogP contribution in [0.2, 0.25) is 10.0 Å². The molecule has 4 nitrogen and oxygen atoms in total. The number of para-hydroxylation sites is 1. The number of carbonyl (C=O) groups is 2. The van der Waals surface area contributed by atoms with E-state index in [4.69, 9.17) is 35.4 Å². The van der Waals surface area contributed by atoms with Crippen LogP contribution in [0.3, 0.4) is 0 Å². The summed E-state index contributed by atoms with van der Waals surface area (Å²) in [6.45, 7) is -0.0781. The summed E-state index contributed by atoms with van der Waals surface area (Å²) in [6, 6.07) is 9.65. The van der Waals surface area contributed by atoms with Crippen molar-refractivity contribution in [1.29, 1.82) is 0 Å². The van der Waals surface area contributed by atoms with Gasteiger partial charge < -0.3 is 5.32 Å². The predicted molar refractivity (Wildman–Crippen MR) is 121 cm³/mol. The Hall–Kier alpha value is -2.07. The van der Waals surface area contributed by atoms with Gasteiger partial charge in [0.15, 0.2) is 0 Å². The van der Waals surface area contributed by atoms with Crippen LogP contribution >= 0.6 is 47.2 Å². The predicted octanol–water partition coefficient (Wildman–Crippen LogP) is 6.24. The third kappa shape index (κ3) is 5.60. The van der Waals surface area contributed by atoms with E-state index in [1.54, 1.807) is 24.3 Å². The quantitative estimate of drug-likeness (QED) is 0.386. The molecule has 0 atom stereocenters. The molecule has 1 heterocycles. The van der Waals surface area contributed by atoms with E-state index in [1.807, 2.05) is 0 Å². The zero-order valence-electron chi connectivity index (χ0n) is 15.5. The van der Waals surface area contributed by atoms with Crippen molar-refractivity contribution in [2.45, 2.75) is 12.6 Å². The van der Waals surface area contributed by atoms with Crippen molar-refractivity contribution in [1.82, 2.24) is 4.90 Å². The van der Waals surface area contributed by atoms with E-state index in [1.165, 1.54) is 17.0 Å². The lowest BCUT2D eigenvalue weighted by Gasteiger charge is -2.16. The number of anilines is 1. The number of alkyl halides is 3. The summed E-state index contributed by atoms with van der Waals surface area (Å²) in [5, 5.41) is 2.87. The molecular formula is C20H13Cl2F3N2O2S2. The lowest BCUT2D eigenvalue weighted by Crippen LogP contribution is -2.31. The zero-order chi connectivity index (χ0) is 22.8. The molecule has 1 aliphatic rings. The van der Waals surface area contributed by atoms with Crippen LogP contribution in [-0.4, -0.2) is 27.6 Å². The van der Waals surface area contributed by atoms with Crippen molar-refractivity contribution in [2.75, 3.05) is 11.9 Å². The molecule has 1 fully saturated rings. The molecule has 1 N–H and O–H groups in total. The van der Waals surface area contributed by atoms with Gasteiger partial charge in [0.05, 0.1) is 26.2 Å². The number of halogens is 5. The van der Waals surface area contributed by atoms with Gasteiger partial charge in [-0.2, -0.15) is 13.2 Å². The van der Waals surface area contributed by atoms with Gasteiger partial charge in [-0.05, 0) is 29.8 Å². The summed E-state index contributed by atoms with van der Waals surface area (Å²) >= 11 is 18.4. The Morgan fingerprint density at radius 1 is 1.16 bits per heavy atom. The van der Waals surface area contributed by atoms with Crippen molar-refractivity contribution in [3.8, 4) is 0 Å². The number of thiocarbonyl (C=S) groups is 1. The van der Waals surface area contributed by atoms with Crippen LogP contribution < -0.4 is 5.32 Å². The fourth-order valence-corrected chi connectivity index (χ4v) is 4.39. The first-order valence-corrected chi connectivity index (χ1v) is 10.7. The summed E-state index contributed by atoms with van der Waals surface area (Å²) in [5.74, 6) is -1.10. The number of benzene rings is 2. The minimum atomic E-state index is -4.60. The van der Waals surface area contributed by atoms with Crippen molar-refractivity contribution in [2.24, 2.45) is 0 Å². The van der Waals surface area contributed by atoms with Crippen LogP contribution in [0.4, 0.5) is 18.9 Å². The van der Waals surface area contributed by atoms with Gasteiger partial charge in [-0.1, -0.05) is 71.4 Å². The Bertz CT molecular complexity index is 1090. The number of hydrogen-bond acceptors (Lipinski definition) is 4. The van der Waals surface area contributed by atoms with Crippen LogP contribution in [0, 0.1) is 0 Å². The molecule has 3 rings (SSSR count). The Balaban J connectivity index is 1.67. The number of amides is 2. The Morgan fingerprint density at radius 2 is 1.87 bits per heavy atom. The number of hydrogen-bond donors (Lipinski definition) is 1. The SMILES string of the molecule is O=C(CCN1C(=O)/C(=C/c2cccc(Cl)c2Cl)SC1=S)Nc1ccccc1C(F)(F)F. The van der Waals surface area contributed by atoms with Crippen molar-refractivity contribution < 1.29 is 22.8 Å². The molecule has 0 aromatic heterocycles. The molecule has 0 saturated carbocycles. The lowest BCUT2D eigenvalue weighted by atomic mass is 10.1. The number of carbonyl (C=O) groups excluding carboxylic acids is 2. The maximum Gasteiger partial charge on any atom is 0.418 e. The molecule has 0 aliphatic carbocycles. The zero-order valence-corrected chi connectivity index (χ0v) is 18.6. The van der Waals surface area contributed by atoms with Gasteiger partial charge >= 0.3 is 6.18 Å². The van der Waals surface area contributed by atoms with E-state index in [9.17, 15) is 22.8 Å². The second kappa shape index (κ2) is 9.60. The number of nitrogens with one attached hydrogen (secondary N) is 1. The molecule has 2 amide bonds. The molecule has 2 aromatic carbocycles. The standard InChI is InChI=1S/C20H13Cl2F3N2O2S2/c21-13-6-3-4-11(17(13)22)10-15-18(29)27(19(30)31-15)9-8-16(28)26-14-7-2-1-5-12(14)20(23,24)25/h1-7,10H,8-9H2,(H,26,28)/b15-10-. The molecule has 11 heteroatoms. The van der Waals surface area contributed by atoms with Crippen LogP contribution in [0.15, 0.2) is 47.4 Å². The van der Waals surface area contributed by atoms with E-state index >= 15 is 0 Å². The summed E-state index contributed by atoms with van der Waals surface area (Å²) in [6.07, 6.45) is -3.29. The highest BCUT2D eigenvalue weighted by Crippen LogP contribution is 2.36. The second-order valence-electron chi connectivity index (χ2n) is 6.32. The van der Waals surface area contributed by atoms with Gasteiger partial charge in [0, 0.05) is 13.0 Å². The van der Waals surface area contributed by atoms with Gasteiger partial charge in [0.25, 0.3) is 5.91 Å². The Labute approximate surface area is 195 Å². The maximum absolute atomic E-state index is 13.1. The lowest BCUT2D eigenvalue weighted by molar-refractivity contribution is -0.137. The van der Waals surface area contributed by atoms with Gasteiger partial charge in [-0.3, -0.25) is 14.5 Å². The first-order chi connectivity index (χ1) is 14.6. The Kier molecular flexibility index (Phi) is 7.31. The van der Waals surface area contributed by atoms with Crippen LogP contribution in [0.1, 0.15) is 17.5 Å². The highest BCUT2D eigenvalue weighted by Gasteiger charge is 2.34. The van der Waals surface area contributed by atoms with Gasteiger partial charge in [-0.15, -0.1) is 0 Å². The van der Waals surface area contributed by atoms with Gasteiger partial charge in [-0.25, -0.2) is 0 Å². The van der Waals surface area contributed by atoms with E-state index in [2.05, 4.69) is 5.32 Å². The van der Waals surface area contributed by atoms with Crippen molar-refractivity contribution in [3.63, 3.8) is 0 Å². The molecule has 2 aromatic rings. The number of thioether (sulfide) groups is 1. The highest BCUT2D eigenvalue weighted by atomic mass is 35.5. The molecule has 0 unspecified atom stereocenters. The van der Waals surface area contributed by atoms with Gasteiger partial charge in [0.2, 0.25) is 5.91 Å². The largest absolute Gasteiger partial charge is 0.418 e. The summed E-state index contributed by atoms with van der Waals surface area (Å²) < 4.78 is 39.4. The molecule has 1 aliphatic heterocycles. The van der Waals surface area contributed by atoms with Crippen LogP contribution in [0.5, 0.6) is 0 Å². The van der Waals surface area contributed by atoms with E-state index < -0.39 is 23.6 Å². The van der Waals surface area contributed by atoms with E-state index in [0.29, 0.717) is 15.5 Å². The molecule has 162 valence electrons. The smallest absolute Gasteiger partial charge is 0.325 e. The summed E-state index contributed by atoms with van der Waals surface area (Å²) in [5.41, 5.74) is -0.757. The maximum atomic E-state index is 13.1. The first kappa shape index (κ1) is 23.6. The molecule has 31 heavy (non-hydrogen) atoms. The third-order valence-electron chi connectivity index (χ3n) is 4.21. The second-order valence-corrected chi connectivity index (χ2v) is 8.78. The van der Waals surface area contributed by atoms with Crippen LogP contribution in [-0.2, 0) is 15.8 Å². The molecule has 0 bridgehead atoms. The summed E-state index contributed by atoms with van der Waals surface area (Å²) in [7, 11) is 0. The first-order valence-electron chi connectivity index (χ1n) is 8.73. The van der Waals surface area contributed by atoms with E-state index in [-0.39, 0.29) is 28.0 Å². The Morgan fingerprint density at radius 3 is 2.58 bits per heavy atom. The average Bonchev–Trinajstić information content (AvgIpc) is 2.96. The van der Waals surface area contributed by atoms with Crippen molar-refractivity contribution in [3.05, 3.63) is 68.5 Å². The van der Waals surface area contributed by atoms with Gasteiger partial charge in [0.1, 0.15) is 4.32 Å². The monoisotopic (exact) mass is 504 g/mol. The molecular weight excluding hydrogens is 492 g/mol. The minimum absolute atomic E-state index is 0.0781.